The zero-order valence-corrected chi connectivity index (χ0v) is 7.43. The Bertz CT molecular complexity index is 183. The van der Waals surface area contributed by atoms with Crippen LogP contribution in [0.25, 0.3) is 0 Å². The Morgan fingerprint density at radius 1 is 1.75 bits per heavy atom. The Balaban J connectivity index is 2.23. The number of carbonyl (C=O) groups excluding carboxylic acids is 1. The maximum Gasteiger partial charge on any atom is 0.323 e. The summed E-state index contributed by atoms with van der Waals surface area (Å²) in [5.41, 5.74) is 0.876. The van der Waals surface area contributed by atoms with Crippen molar-refractivity contribution in [2.24, 2.45) is 0 Å². The van der Waals surface area contributed by atoms with Crippen LogP contribution in [0.4, 0.5) is 0 Å². The Hall–Kier alpha value is -0.830. The summed E-state index contributed by atoms with van der Waals surface area (Å²) in [6, 6.07) is -0.0793. The van der Waals surface area contributed by atoms with E-state index in [9.17, 15) is 4.79 Å². The highest BCUT2D eigenvalue weighted by Crippen LogP contribution is 2.06. The van der Waals surface area contributed by atoms with E-state index in [-0.39, 0.29) is 12.0 Å². The van der Waals surface area contributed by atoms with Gasteiger partial charge in [-0.3, -0.25) is 4.79 Å². The molecule has 0 saturated carbocycles. The van der Waals surface area contributed by atoms with Crippen molar-refractivity contribution in [3.63, 3.8) is 0 Å². The first kappa shape index (κ1) is 9.26. The van der Waals surface area contributed by atoms with Gasteiger partial charge in [-0.15, -0.1) is 0 Å². The lowest BCUT2D eigenvalue weighted by Crippen LogP contribution is -2.32. The minimum absolute atomic E-state index is 0.0793. The molecule has 1 heterocycles. The molecule has 0 bridgehead atoms. The fourth-order valence-electron chi connectivity index (χ4n) is 1.18. The molecule has 0 aromatic rings. The van der Waals surface area contributed by atoms with E-state index in [1.165, 1.54) is 0 Å². The molecule has 0 radical (unpaired) electrons. The number of rotatable bonds is 3. The van der Waals surface area contributed by atoms with Gasteiger partial charge in [0.1, 0.15) is 12.6 Å². The molecular weight excluding hydrogens is 154 g/mol. The van der Waals surface area contributed by atoms with Crippen LogP contribution in [0.1, 0.15) is 19.8 Å². The van der Waals surface area contributed by atoms with Gasteiger partial charge in [-0.25, -0.2) is 0 Å². The standard InChI is InChI=1S/C9H15NO2/c1-7(2)6-12-9(11)8-4-3-5-10-8/h8,10H,1,3-6H2,2H3/t8-/m0/s1. The average Bonchev–Trinajstić information content (AvgIpc) is 2.51. The van der Waals surface area contributed by atoms with Crippen LogP contribution >= 0.6 is 0 Å². The van der Waals surface area contributed by atoms with Gasteiger partial charge < -0.3 is 10.1 Å². The van der Waals surface area contributed by atoms with Crippen LogP contribution in [-0.4, -0.2) is 25.2 Å². The molecule has 0 aromatic heterocycles. The van der Waals surface area contributed by atoms with E-state index >= 15 is 0 Å². The zero-order chi connectivity index (χ0) is 8.97. The molecule has 0 aliphatic carbocycles. The summed E-state index contributed by atoms with van der Waals surface area (Å²) in [5, 5.41) is 3.08. The number of nitrogens with one attached hydrogen (secondary N) is 1. The van der Waals surface area contributed by atoms with Crippen LogP contribution in [0.5, 0.6) is 0 Å². The summed E-state index contributed by atoms with van der Waals surface area (Å²) < 4.78 is 4.99. The van der Waals surface area contributed by atoms with Crippen molar-refractivity contribution >= 4 is 5.97 Å². The van der Waals surface area contributed by atoms with Crippen LogP contribution in [0.15, 0.2) is 12.2 Å². The molecule has 3 nitrogen and oxygen atoms in total. The molecule has 1 rings (SSSR count). The minimum Gasteiger partial charge on any atom is -0.460 e. The molecule has 0 unspecified atom stereocenters. The van der Waals surface area contributed by atoms with Gasteiger partial charge in [-0.05, 0) is 31.9 Å². The van der Waals surface area contributed by atoms with Crippen LogP contribution in [0.2, 0.25) is 0 Å². The molecular formula is C9H15NO2. The van der Waals surface area contributed by atoms with Crippen LogP contribution in [0, 0.1) is 0 Å². The molecule has 3 heteroatoms. The predicted molar refractivity (Wildman–Crippen MR) is 46.8 cm³/mol. The van der Waals surface area contributed by atoms with E-state index in [0.717, 1.165) is 25.0 Å². The van der Waals surface area contributed by atoms with Crippen LogP contribution < -0.4 is 5.32 Å². The van der Waals surface area contributed by atoms with Crippen molar-refractivity contribution in [1.29, 1.82) is 0 Å². The lowest BCUT2D eigenvalue weighted by atomic mass is 10.2. The molecule has 0 spiro atoms. The van der Waals surface area contributed by atoms with E-state index in [2.05, 4.69) is 11.9 Å². The molecule has 1 fully saturated rings. The van der Waals surface area contributed by atoms with E-state index < -0.39 is 0 Å². The van der Waals surface area contributed by atoms with E-state index in [0.29, 0.717) is 6.61 Å². The summed E-state index contributed by atoms with van der Waals surface area (Å²) in [5.74, 6) is -0.143. The summed E-state index contributed by atoms with van der Waals surface area (Å²) in [4.78, 5) is 11.2. The number of hydrogen-bond donors (Lipinski definition) is 1. The first-order valence-electron chi connectivity index (χ1n) is 4.24. The third kappa shape index (κ3) is 2.66. The smallest absolute Gasteiger partial charge is 0.323 e. The second-order valence-electron chi connectivity index (χ2n) is 3.21. The fraction of sp³-hybridized carbons (Fsp3) is 0.667. The molecule has 1 atom stereocenters. The molecule has 68 valence electrons. The zero-order valence-electron chi connectivity index (χ0n) is 7.43. The molecule has 1 N–H and O–H groups in total. The number of esters is 1. The third-order valence-corrected chi connectivity index (χ3v) is 1.81. The van der Waals surface area contributed by atoms with Crippen molar-refractivity contribution in [3.8, 4) is 0 Å². The van der Waals surface area contributed by atoms with E-state index in [4.69, 9.17) is 4.74 Å². The van der Waals surface area contributed by atoms with Gasteiger partial charge in [-0.1, -0.05) is 6.58 Å². The summed E-state index contributed by atoms with van der Waals surface area (Å²) >= 11 is 0. The van der Waals surface area contributed by atoms with Gasteiger partial charge in [0.2, 0.25) is 0 Å². The van der Waals surface area contributed by atoms with E-state index in [1.54, 1.807) is 0 Å². The largest absolute Gasteiger partial charge is 0.460 e. The topological polar surface area (TPSA) is 38.3 Å². The first-order valence-corrected chi connectivity index (χ1v) is 4.24. The minimum atomic E-state index is -0.143. The third-order valence-electron chi connectivity index (χ3n) is 1.81. The number of ether oxygens (including phenoxy) is 1. The molecule has 12 heavy (non-hydrogen) atoms. The second-order valence-corrected chi connectivity index (χ2v) is 3.21. The molecule has 0 amide bonds. The normalized spacial score (nSPS) is 22.2. The van der Waals surface area contributed by atoms with E-state index in [1.807, 2.05) is 6.92 Å². The molecule has 0 aromatic carbocycles. The first-order chi connectivity index (χ1) is 5.70. The Morgan fingerprint density at radius 3 is 3.00 bits per heavy atom. The highest BCUT2D eigenvalue weighted by Gasteiger charge is 2.22. The fourth-order valence-corrected chi connectivity index (χ4v) is 1.18. The van der Waals surface area contributed by atoms with Gasteiger partial charge in [0.05, 0.1) is 0 Å². The van der Waals surface area contributed by atoms with Gasteiger partial charge in [0, 0.05) is 0 Å². The molecule has 1 aliphatic heterocycles. The monoisotopic (exact) mass is 169 g/mol. The summed E-state index contributed by atoms with van der Waals surface area (Å²) in [6.45, 7) is 6.77. The Kier molecular flexibility index (Phi) is 3.29. The van der Waals surface area contributed by atoms with Crippen molar-refractivity contribution in [3.05, 3.63) is 12.2 Å². The predicted octanol–water partition coefficient (Wildman–Crippen LogP) is 0.858. The van der Waals surface area contributed by atoms with Crippen molar-refractivity contribution in [1.82, 2.24) is 5.32 Å². The van der Waals surface area contributed by atoms with Crippen LogP contribution in [0.3, 0.4) is 0 Å². The lowest BCUT2D eigenvalue weighted by Gasteiger charge is -2.09. The summed E-state index contributed by atoms with van der Waals surface area (Å²) in [6.07, 6.45) is 1.96. The van der Waals surface area contributed by atoms with Crippen molar-refractivity contribution in [2.45, 2.75) is 25.8 Å². The Morgan fingerprint density at radius 2 is 2.50 bits per heavy atom. The van der Waals surface area contributed by atoms with Gasteiger partial charge in [-0.2, -0.15) is 0 Å². The highest BCUT2D eigenvalue weighted by atomic mass is 16.5. The quantitative estimate of drug-likeness (QED) is 0.503. The highest BCUT2D eigenvalue weighted by molar-refractivity contribution is 5.76. The molecule has 1 saturated heterocycles. The van der Waals surface area contributed by atoms with Gasteiger partial charge >= 0.3 is 5.97 Å². The van der Waals surface area contributed by atoms with Crippen molar-refractivity contribution in [2.75, 3.05) is 13.2 Å². The number of hydrogen-bond acceptors (Lipinski definition) is 3. The maximum absolute atomic E-state index is 11.2. The maximum atomic E-state index is 11.2. The average molecular weight is 169 g/mol. The Labute approximate surface area is 72.8 Å². The lowest BCUT2D eigenvalue weighted by molar-refractivity contribution is -0.144. The number of carbonyl (C=O) groups is 1. The van der Waals surface area contributed by atoms with Gasteiger partial charge in [0.15, 0.2) is 0 Å². The SMILES string of the molecule is C=C(C)COC(=O)[C@@H]1CCCN1. The van der Waals surface area contributed by atoms with Crippen molar-refractivity contribution < 1.29 is 9.53 Å². The van der Waals surface area contributed by atoms with Gasteiger partial charge in [0.25, 0.3) is 0 Å². The molecule has 1 aliphatic rings. The second kappa shape index (κ2) is 4.26. The summed E-state index contributed by atoms with van der Waals surface area (Å²) in [7, 11) is 0. The van der Waals surface area contributed by atoms with Crippen LogP contribution in [-0.2, 0) is 9.53 Å².